The zero-order valence-corrected chi connectivity index (χ0v) is 12.4. The molecule has 1 aliphatic heterocycles. The molecule has 2 heterocycles. The van der Waals surface area contributed by atoms with Crippen LogP contribution in [0, 0.1) is 0 Å². The van der Waals surface area contributed by atoms with Crippen LogP contribution in [0.3, 0.4) is 0 Å². The van der Waals surface area contributed by atoms with Crippen molar-refractivity contribution in [1.82, 2.24) is 9.88 Å². The summed E-state index contributed by atoms with van der Waals surface area (Å²) in [7, 11) is 1.60. The minimum Gasteiger partial charge on any atom is -0.497 e. The van der Waals surface area contributed by atoms with E-state index in [-0.39, 0.29) is 12.0 Å². The molecule has 114 valence electrons. The van der Waals surface area contributed by atoms with Crippen molar-refractivity contribution in [3.63, 3.8) is 0 Å². The number of morpholine rings is 1. The van der Waals surface area contributed by atoms with E-state index in [9.17, 15) is 4.79 Å². The predicted molar refractivity (Wildman–Crippen MR) is 81.8 cm³/mol. The molecule has 1 amide bonds. The first-order valence-electron chi connectivity index (χ1n) is 7.23. The Kier molecular flexibility index (Phi) is 4.34. The highest BCUT2D eigenvalue weighted by atomic mass is 16.5. The second kappa shape index (κ2) is 6.58. The van der Waals surface area contributed by atoms with Crippen LogP contribution in [0.25, 0.3) is 0 Å². The van der Waals surface area contributed by atoms with Crippen LogP contribution >= 0.6 is 0 Å². The Morgan fingerprint density at radius 3 is 2.91 bits per heavy atom. The van der Waals surface area contributed by atoms with Gasteiger partial charge in [-0.2, -0.15) is 0 Å². The fourth-order valence-electron chi connectivity index (χ4n) is 2.55. The molecule has 0 radical (unpaired) electrons. The van der Waals surface area contributed by atoms with Crippen molar-refractivity contribution in [1.29, 1.82) is 0 Å². The van der Waals surface area contributed by atoms with Crippen molar-refractivity contribution in [2.45, 2.75) is 6.10 Å². The van der Waals surface area contributed by atoms with Crippen molar-refractivity contribution >= 4 is 5.91 Å². The Balaban J connectivity index is 1.75. The third kappa shape index (κ3) is 3.09. The van der Waals surface area contributed by atoms with Crippen molar-refractivity contribution in [3.05, 3.63) is 59.9 Å². The van der Waals surface area contributed by atoms with Gasteiger partial charge in [0.15, 0.2) is 0 Å². The molecule has 1 aliphatic rings. The van der Waals surface area contributed by atoms with Crippen molar-refractivity contribution in [2.24, 2.45) is 0 Å². The number of carbonyl (C=O) groups excluding carboxylic acids is 1. The minimum absolute atomic E-state index is 0.00116. The molecule has 2 aromatic rings. The van der Waals surface area contributed by atoms with Gasteiger partial charge < -0.3 is 14.4 Å². The van der Waals surface area contributed by atoms with Crippen molar-refractivity contribution in [3.8, 4) is 5.75 Å². The maximum atomic E-state index is 12.6. The van der Waals surface area contributed by atoms with E-state index < -0.39 is 0 Å². The molecule has 1 aromatic carbocycles. The summed E-state index contributed by atoms with van der Waals surface area (Å²) in [5.41, 5.74) is 1.67. The van der Waals surface area contributed by atoms with Gasteiger partial charge in [-0.05, 0) is 35.9 Å². The Hall–Kier alpha value is -2.40. The monoisotopic (exact) mass is 298 g/mol. The van der Waals surface area contributed by atoms with Gasteiger partial charge in [0, 0.05) is 24.5 Å². The zero-order valence-electron chi connectivity index (χ0n) is 12.4. The van der Waals surface area contributed by atoms with Crippen LogP contribution in [0.1, 0.15) is 22.0 Å². The van der Waals surface area contributed by atoms with Gasteiger partial charge in [-0.25, -0.2) is 0 Å². The van der Waals surface area contributed by atoms with Gasteiger partial charge in [0.25, 0.3) is 5.91 Å². The molecule has 1 saturated heterocycles. The van der Waals surface area contributed by atoms with Gasteiger partial charge in [-0.1, -0.05) is 6.07 Å². The highest BCUT2D eigenvalue weighted by Crippen LogP contribution is 2.23. The van der Waals surface area contributed by atoms with E-state index in [4.69, 9.17) is 9.47 Å². The van der Waals surface area contributed by atoms with E-state index in [1.807, 2.05) is 35.2 Å². The fourth-order valence-corrected chi connectivity index (χ4v) is 2.55. The lowest BCUT2D eigenvalue weighted by atomic mass is 10.1. The van der Waals surface area contributed by atoms with Crippen LogP contribution < -0.4 is 4.74 Å². The third-order valence-corrected chi connectivity index (χ3v) is 3.75. The molecule has 0 bridgehead atoms. The number of hydrogen-bond acceptors (Lipinski definition) is 4. The Morgan fingerprint density at radius 2 is 2.14 bits per heavy atom. The number of ether oxygens (including phenoxy) is 2. The summed E-state index contributed by atoms with van der Waals surface area (Å²) in [6, 6.07) is 11.1. The SMILES string of the molecule is COc1cccc(C(=O)N2CCO[C@@H](c3ccncc3)C2)c1. The number of rotatable bonds is 3. The Bertz CT molecular complexity index is 645. The molecular weight excluding hydrogens is 280 g/mol. The molecule has 0 saturated carbocycles. The van der Waals surface area contributed by atoms with Crippen LogP contribution in [-0.4, -0.2) is 42.6 Å². The number of pyridine rings is 1. The molecule has 0 N–H and O–H groups in total. The number of benzene rings is 1. The zero-order chi connectivity index (χ0) is 15.4. The van der Waals surface area contributed by atoms with E-state index >= 15 is 0 Å². The standard InChI is InChI=1S/C17H18N2O3/c1-21-15-4-2-3-14(11-15)17(20)19-9-10-22-16(12-19)13-5-7-18-8-6-13/h2-8,11,16H,9-10,12H2,1H3/t16-/m1/s1. The Labute approximate surface area is 129 Å². The molecule has 22 heavy (non-hydrogen) atoms. The quantitative estimate of drug-likeness (QED) is 0.872. The lowest BCUT2D eigenvalue weighted by Crippen LogP contribution is -2.42. The van der Waals surface area contributed by atoms with Gasteiger partial charge in [0.2, 0.25) is 0 Å². The van der Waals surface area contributed by atoms with E-state index in [0.29, 0.717) is 31.0 Å². The number of aromatic nitrogens is 1. The van der Waals surface area contributed by atoms with E-state index in [0.717, 1.165) is 5.56 Å². The van der Waals surface area contributed by atoms with Crippen molar-refractivity contribution in [2.75, 3.05) is 26.8 Å². The second-order valence-corrected chi connectivity index (χ2v) is 5.12. The maximum Gasteiger partial charge on any atom is 0.254 e. The van der Waals surface area contributed by atoms with Crippen LogP contribution in [0.15, 0.2) is 48.8 Å². The van der Waals surface area contributed by atoms with Gasteiger partial charge in [0.05, 0.1) is 20.3 Å². The summed E-state index contributed by atoms with van der Waals surface area (Å²) in [6.45, 7) is 1.67. The van der Waals surface area contributed by atoms with Gasteiger partial charge in [-0.3, -0.25) is 9.78 Å². The molecule has 5 nitrogen and oxygen atoms in total. The Morgan fingerprint density at radius 1 is 1.32 bits per heavy atom. The molecule has 5 heteroatoms. The van der Waals surface area contributed by atoms with Crippen LogP contribution in [0.5, 0.6) is 5.75 Å². The number of amides is 1. The molecular formula is C17H18N2O3. The van der Waals surface area contributed by atoms with Gasteiger partial charge in [-0.15, -0.1) is 0 Å². The van der Waals surface area contributed by atoms with Gasteiger partial charge >= 0.3 is 0 Å². The number of carbonyl (C=O) groups is 1. The summed E-state index contributed by atoms with van der Waals surface area (Å²) >= 11 is 0. The van der Waals surface area contributed by atoms with Crippen molar-refractivity contribution < 1.29 is 14.3 Å². The normalized spacial score (nSPS) is 18.0. The molecule has 0 spiro atoms. The molecule has 3 rings (SSSR count). The highest BCUT2D eigenvalue weighted by Gasteiger charge is 2.26. The molecule has 1 atom stereocenters. The molecule has 0 unspecified atom stereocenters. The lowest BCUT2D eigenvalue weighted by molar-refractivity contribution is -0.0228. The molecule has 1 aromatic heterocycles. The average molecular weight is 298 g/mol. The summed E-state index contributed by atoms with van der Waals surface area (Å²) in [5, 5.41) is 0. The van der Waals surface area contributed by atoms with Gasteiger partial charge in [0.1, 0.15) is 11.9 Å². The topological polar surface area (TPSA) is 51.7 Å². The first-order chi connectivity index (χ1) is 10.8. The fraction of sp³-hybridized carbons (Fsp3) is 0.294. The van der Waals surface area contributed by atoms with E-state index in [2.05, 4.69) is 4.98 Å². The number of methoxy groups -OCH3 is 1. The summed E-state index contributed by atoms with van der Waals surface area (Å²) in [5.74, 6) is 0.686. The highest BCUT2D eigenvalue weighted by molar-refractivity contribution is 5.94. The maximum absolute atomic E-state index is 12.6. The first kappa shape index (κ1) is 14.5. The second-order valence-electron chi connectivity index (χ2n) is 5.12. The number of hydrogen-bond donors (Lipinski definition) is 0. The smallest absolute Gasteiger partial charge is 0.254 e. The van der Waals surface area contributed by atoms with Crippen LogP contribution in [0.2, 0.25) is 0 Å². The largest absolute Gasteiger partial charge is 0.497 e. The summed E-state index contributed by atoms with van der Waals surface area (Å²) in [4.78, 5) is 18.5. The third-order valence-electron chi connectivity index (χ3n) is 3.75. The number of nitrogens with zero attached hydrogens (tertiary/aromatic N) is 2. The van der Waals surface area contributed by atoms with Crippen LogP contribution in [0.4, 0.5) is 0 Å². The summed E-state index contributed by atoms with van der Waals surface area (Å²) < 4.78 is 11.0. The van der Waals surface area contributed by atoms with E-state index in [1.54, 1.807) is 25.6 Å². The van der Waals surface area contributed by atoms with E-state index in [1.165, 1.54) is 0 Å². The first-order valence-corrected chi connectivity index (χ1v) is 7.23. The van der Waals surface area contributed by atoms with Crippen LogP contribution in [-0.2, 0) is 4.74 Å². The summed E-state index contributed by atoms with van der Waals surface area (Å²) in [6.07, 6.45) is 3.37. The average Bonchev–Trinajstić information content (AvgIpc) is 2.62. The minimum atomic E-state index is -0.105. The predicted octanol–water partition coefficient (Wildman–Crippen LogP) is 2.30. The molecule has 1 fully saturated rings. The lowest BCUT2D eigenvalue weighted by Gasteiger charge is -2.33. The molecule has 0 aliphatic carbocycles.